The zero-order valence-electron chi connectivity index (χ0n) is 16.5. The highest BCUT2D eigenvalue weighted by atomic mass is 32.1. The van der Waals surface area contributed by atoms with Gasteiger partial charge < -0.3 is 4.74 Å². The van der Waals surface area contributed by atoms with Gasteiger partial charge in [-0.05, 0) is 31.5 Å². The Hall–Kier alpha value is -2.55. The van der Waals surface area contributed by atoms with Crippen molar-refractivity contribution in [3.8, 4) is 5.69 Å². The summed E-state index contributed by atoms with van der Waals surface area (Å²) in [5.74, 6) is -0.0958. The van der Waals surface area contributed by atoms with E-state index >= 15 is 0 Å². The molecule has 0 bridgehead atoms. The number of hydrogen-bond donors (Lipinski definition) is 0. The van der Waals surface area contributed by atoms with Crippen LogP contribution in [-0.4, -0.2) is 52.7 Å². The number of hydrogen-bond acceptors (Lipinski definition) is 6. The van der Waals surface area contributed by atoms with Gasteiger partial charge in [-0.25, -0.2) is 9.36 Å². The molecule has 0 N–H and O–H groups in total. The Morgan fingerprint density at radius 3 is 2.45 bits per heavy atom. The molecule has 3 aromatic rings. The van der Waals surface area contributed by atoms with Gasteiger partial charge in [-0.1, -0.05) is 18.2 Å². The lowest BCUT2D eigenvalue weighted by Gasteiger charge is -2.26. The number of carbonyl (C=O) groups is 1. The van der Waals surface area contributed by atoms with E-state index in [2.05, 4.69) is 4.90 Å². The van der Waals surface area contributed by atoms with Crippen molar-refractivity contribution in [1.29, 1.82) is 0 Å². The van der Waals surface area contributed by atoms with Crippen LogP contribution in [0.25, 0.3) is 15.9 Å². The lowest BCUT2D eigenvalue weighted by molar-refractivity contribution is 0.0364. The minimum absolute atomic E-state index is 0.0958. The van der Waals surface area contributed by atoms with Crippen molar-refractivity contribution in [2.75, 3.05) is 32.8 Å². The van der Waals surface area contributed by atoms with E-state index in [1.54, 1.807) is 35.8 Å². The van der Waals surface area contributed by atoms with Gasteiger partial charge in [0.15, 0.2) is 5.78 Å². The Kier molecular flexibility index (Phi) is 5.49. The molecule has 3 heterocycles. The average molecular weight is 413 g/mol. The van der Waals surface area contributed by atoms with Crippen molar-refractivity contribution in [3.05, 3.63) is 61.6 Å². The second-order valence-corrected chi connectivity index (χ2v) is 8.16. The number of nitrogens with zero attached hydrogens (tertiary/aromatic N) is 3. The molecule has 0 unspecified atom stereocenters. The summed E-state index contributed by atoms with van der Waals surface area (Å²) in [6, 6.07) is 8.92. The quantitative estimate of drug-likeness (QED) is 0.599. The number of para-hydroxylation sites is 1. The lowest BCUT2D eigenvalue weighted by atomic mass is 10.2. The van der Waals surface area contributed by atoms with Gasteiger partial charge in [0.05, 0.1) is 29.2 Å². The molecule has 0 radical (unpaired) electrons. The molecule has 0 amide bonds. The van der Waals surface area contributed by atoms with E-state index in [1.165, 1.54) is 22.8 Å². The Labute approximate surface area is 171 Å². The Morgan fingerprint density at radius 1 is 1.10 bits per heavy atom. The third-order valence-corrected chi connectivity index (χ3v) is 6.71. The van der Waals surface area contributed by atoms with E-state index in [-0.39, 0.29) is 17.0 Å². The first-order chi connectivity index (χ1) is 14.0. The van der Waals surface area contributed by atoms with Crippen LogP contribution in [0.3, 0.4) is 0 Å². The van der Waals surface area contributed by atoms with Crippen LogP contribution in [0.1, 0.15) is 22.2 Å². The van der Waals surface area contributed by atoms with E-state index < -0.39 is 0 Å². The summed E-state index contributed by atoms with van der Waals surface area (Å²) in [5, 5.41) is 0.450. The fourth-order valence-electron chi connectivity index (χ4n) is 3.75. The fourth-order valence-corrected chi connectivity index (χ4v) is 4.96. The summed E-state index contributed by atoms with van der Waals surface area (Å²) in [6.07, 6.45) is 0. The van der Waals surface area contributed by atoms with E-state index in [4.69, 9.17) is 4.74 Å². The molecule has 0 aliphatic carbocycles. The molecule has 0 saturated carbocycles. The third kappa shape index (κ3) is 3.59. The molecule has 2 aromatic heterocycles. The molecule has 1 fully saturated rings. The first kappa shape index (κ1) is 19.8. The number of aromatic nitrogens is 2. The van der Waals surface area contributed by atoms with Crippen LogP contribution in [0.2, 0.25) is 0 Å². The van der Waals surface area contributed by atoms with Crippen LogP contribution in [0.5, 0.6) is 0 Å². The summed E-state index contributed by atoms with van der Waals surface area (Å²) in [4.78, 5) is 42.1. The smallest absolute Gasteiger partial charge is 0.336 e. The van der Waals surface area contributed by atoms with Crippen LogP contribution in [-0.2, 0) is 11.3 Å². The van der Waals surface area contributed by atoms with Crippen molar-refractivity contribution in [3.63, 3.8) is 0 Å². The van der Waals surface area contributed by atoms with Gasteiger partial charge in [-0.3, -0.25) is 19.1 Å². The molecule has 7 nitrogen and oxygen atoms in total. The minimum Gasteiger partial charge on any atom is -0.379 e. The summed E-state index contributed by atoms with van der Waals surface area (Å²) < 4.78 is 8.25. The van der Waals surface area contributed by atoms with Crippen LogP contribution in [0.4, 0.5) is 0 Å². The number of ether oxygens (including phenoxy) is 1. The molecular formula is C21H23N3O4S. The summed E-state index contributed by atoms with van der Waals surface area (Å²) in [5.41, 5.74) is 0.421. The number of ketones is 1. The number of Topliss-reactive ketones (excluding diaryl/α,β-unsaturated/α-hetero) is 1. The van der Waals surface area contributed by atoms with Gasteiger partial charge in [0.25, 0.3) is 5.56 Å². The van der Waals surface area contributed by atoms with E-state index in [0.717, 1.165) is 13.1 Å². The number of morpholine rings is 1. The molecule has 0 spiro atoms. The van der Waals surface area contributed by atoms with E-state index in [9.17, 15) is 14.4 Å². The van der Waals surface area contributed by atoms with Gasteiger partial charge in [0.2, 0.25) is 0 Å². The van der Waals surface area contributed by atoms with Crippen molar-refractivity contribution >= 4 is 27.3 Å². The molecule has 8 heteroatoms. The summed E-state index contributed by atoms with van der Waals surface area (Å²) in [7, 11) is 0. The van der Waals surface area contributed by atoms with Gasteiger partial charge in [0.1, 0.15) is 4.83 Å². The normalized spacial score (nSPS) is 15.1. The molecule has 29 heavy (non-hydrogen) atoms. The van der Waals surface area contributed by atoms with Crippen LogP contribution < -0.4 is 11.2 Å². The number of fused-ring (bicyclic) bond motifs is 1. The number of aryl methyl sites for hydroxylation is 1. The zero-order valence-corrected chi connectivity index (χ0v) is 17.3. The first-order valence-electron chi connectivity index (χ1n) is 9.64. The van der Waals surface area contributed by atoms with Crippen molar-refractivity contribution in [2.45, 2.75) is 20.4 Å². The number of benzene rings is 1. The number of rotatable bonds is 5. The van der Waals surface area contributed by atoms with Crippen molar-refractivity contribution < 1.29 is 9.53 Å². The molecule has 1 aliphatic rings. The standard InChI is InChI=1S/C21H23N3O4S/c1-14-17-19(26)24(16-6-4-3-5-7-16)21(27)23(20(17)29-18(14)15(2)25)9-8-22-10-12-28-13-11-22/h3-7H,8-13H2,1-2H3. The van der Waals surface area contributed by atoms with Crippen molar-refractivity contribution in [2.24, 2.45) is 0 Å². The van der Waals surface area contributed by atoms with E-state index in [1.807, 2.05) is 6.07 Å². The monoisotopic (exact) mass is 413 g/mol. The molecule has 4 rings (SSSR count). The highest BCUT2D eigenvalue weighted by Crippen LogP contribution is 2.28. The average Bonchev–Trinajstić information content (AvgIpc) is 3.07. The largest absolute Gasteiger partial charge is 0.379 e. The zero-order chi connectivity index (χ0) is 20.5. The maximum absolute atomic E-state index is 13.4. The van der Waals surface area contributed by atoms with Crippen LogP contribution in [0, 0.1) is 6.92 Å². The first-order valence-corrected chi connectivity index (χ1v) is 10.5. The Balaban J connectivity index is 1.92. The second kappa shape index (κ2) is 8.06. The SMILES string of the molecule is CC(=O)c1sc2c(c1C)c(=O)n(-c1ccccc1)c(=O)n2CCN1CCOCC1. The fraction of sp³-hybridized carbons (Fsp3) is 0.381. The molecule has 1 saturated heterocycles. The maximum Gasteiger partial charge on any atom is 0.336 e. The molecular weight excluding hydrogens is 390 g/mol. The van der Waals surface area contributed by atoms with E-state index in [0.29, 0.717) is 52.6 Å². The number of thiophene rings is 1. The Bertz CT molecular complexity index is 1170. The maximum atomic E-state index is 13.4. The van der Waals surface area contributed by atoms with Gasteiger partial charge >= 0.3 is 5.69 Å². The highest BCUT2D eigenvalue weighted by Gasteiger charge is 2.22. The lowest BCUT2D eigenvalue weighted by Crippen LogP contribution is -2.42. The summed E-state index contributed by atoms with van der Waals surface area (Å²) in [6.45, 7) is 7.39. The van der Waals surface area contributed by atoms with Gasteiger partial charge in [-0.15, -0.1) is 11.3 Å². The number of carbonyl (C=O) groups excluding carboxylic acids is 1. The molecule has 1 aliphatic heterocycles. The van der Waals surface area contributed by atoms with Crippen LogP contribution >= 0.6 is 11.3 Å². The topological polar surface area (TPSA) is 73.5 Å². The van der Waals surface area contributed by atoms with Crippen molar-refractivity contribution in [1.82, 2.24) is 14.0 Å². The van der Waals surface area contributed by atoms with Gasteiger partial charge in [-0.2, -0.15) is 0 Å². The van der Waals surface area contributed by atoms with Gasteiger partial charge in [0, 0.05) is 26.2 Å². The molecule has 152 valence electrons. The summed E-state index contributed by atoms with van der Waals surface area (Å²) >= 11 is 1.23. The second-order valence-electron chi connectivity index (χ2n) is 7.16. The predicted octanol–water partition coefficient (Wildman–Crippen LogP) is 2.06. The van der Waals surface area contributed by atoms with Crippen LogP contribution in [0.15, 0.2) is 39.9 Å². The molecule has 0 atom stereocenters. The third-order valence-electron chi connectivity index (χ3n) is 5.29. The molecule has 1 aromatic carbocycles. The minimum atomic E-state index is -0.377. The Morgan fingerprint density at radius 2 is 1.79 bits per heavy atom. The highest BCUT2D eigenvalue weighted by molar-refractivity contribution is 7.20. The predicted molar refractivity (Wildman–Crippen MR) is 114 cm³/mol.